The Morgan fingerprint density at radius 2 is 1.71 bits per heavy atom. The lowest BCUT2D eigenvalue weighted by atomic mass is 10.1. The molecule has 1 aliphatic heterocycles. The number of amidine groups is 1. The third-order valence-electron chi connectivity index (χ3n) is 3.31. The van der Waals surface area contributed by atoms with Crippen LogP contribution in [0, 0.1) is 12.3 Å². The molecule has 1 heterocycles. The minimum atomic E-state index is -0.139. The van der Waals surface area contributed by atoms with Gasteiger partial charge >= 0.3 is 0 Å². The number of para-hydroxylation sites is 1. The van der Waals surface area contributed by atoms with Crippen molar-refractivity contribution < 1.29 is 4.79 Å². The zero-order chi connectivity index (χ0) is 14.8. The van der Waals surface area contributed by atoms with E-state index in [1.807, 2.05) is 67.6 Å². The smallest absolute Gasteiger partial charge is 0.271 e. The van der Waals surface area contributed by atoms with Gasteiger partial charge in [0, 0.05) is 0 Å². The van der Waals surface area contributed by atoms with Crippen LogP contribution in [-0.2, 0) is 4.79 Å². The second-order valence-electron chi connectivity index (χ2n) is 4.75. The highest BCUT2D eigenvalue weighted by molar-refractivity contribution is 8.19. The van der Waals surface area contributed by atoms with Crippen LogP contribution in [0.25, 0.3) is 6.08 Å². The average molecular weight is 294 g/mol. The minimum absolute atomic E-state index is 0.139. The highest BCUT2D eigenvalue weighted by Crippen LogP contribution is 2.35. The van der Waals surface area contributed by atoms with Gasteiger partial charge in [-0.25, -0.2) is 0 Å². The largest absolute Gasteiger partial charge is 0.278 e. The molecule has 2 aromatic carbocycles. The van der Waals surface area contributed by atoms with Gasteiger partial charge in [-0.15, -0.1) is 0 Å². The number of benzene rings is 2. The number of thioether (sulfide) groups is 1. The fourth-order valence-electron chi connectivity index (χ4n) is 2.19. The van der Waals surface area contributed by atoms with Crippen LogP contribution in [0.3, 0.4) is 0 Å². The third-order valence-corrected chi connectivity index (χ3v) is 4.20. The molecule has 1 aliphatic rings. The van der Waals surface area contributed by atoms with Gasteiger partial charge in [-0.2, -0.15) is 0 Å². The maximum absolute atomic E-state index is 12.5. The highest BCUT2D eigenvalue weighted by atomic mass is 32.2. The summed E-state index contributed by atoms with van der Waals surface area (Å²) in [6.45, 7) is 2.01. The Labute approximate surface area is 127 Å². The molecule has 3 rings (SSSR count). The summed E-state index contributed by atoms with van der Waals surface area (Å²) in [7, 11) is 0. The fraction of sp³-hybridized carbons (Fsp3) is 0.0588. The van der Waals surface area contributed by atoms with Crippen molar-refractivity contribution in [2.45, 2.75) is 6.92 Å². The number of amides is 1. The monoisotopic (exact) mass is 294 g/mol. The third kappa shape index (κ3) is 2.62. The molecule has 0 bridgehead atoms. The Kier molecular flexibility index (Phi) is 3.62. The number of nitrogens with zero attached hydrogens (tertiary/aromatic N) is 1. The second-order valence-corrected chi connectivity index (χ2v) is 5.78. The van der Waals surface area contributed by atoms with Gasteiger partial charge in [0.05, 0.1) is 10.6 Å². The molecule has 21 heavy (non-hydrogen) atoms. The van der Waals surface area contributed by atoms with Gasteiger partial charge < -0.3 is 0 Å². The van der Waals surface area contributed by atoms with Crippen LogP contribution < -0.4 is 4.90 Å². The molecule has 4 heteroatoms. The average Bonchev–Trinajstić information content (AvgIpc) is 2.77. The number of aryl methyl sites for hydroxylation is 1. The topological polar surface area (TPSA) is 44.2 Å². The molecule has 0 saturated carbocycles. The van der Waals surface area contributed by atoms with Gasteiger partial charge in [0.25, 0.3) is 5.91 Å². The van der Waals surface area contributed by atoms with Crippen LogP contribution in [-0.4, -0.2) is 11.1 Å². The Morgan fingerprint density at radius 3 is 2.43 bits per heavy atom. The molecule has 0 atom stereocenters. The van der Waals surface area contributed by atoms with E-state index in [0.717, 1.165) is 16.8 Å². The van der Waals surface area contributed by atoms with Gasteiger partial charge in [-0.3, -0.25) is 15.1 Å². The Balaban J connectivity index is 1.96. The number of anilines is 1. The molecule has 1 N–H and O–H groups in total. The molecule has 104 valence electrons. The lowest BCUT2D eigenvalue weighted by molar-refractivity contribution is -0.113. The molecule has 2 aromatic rings. The molecule has 0 unspecified atom stereocenters. The van der Waals surface area contributed by atoms with Crippen molar-refractivity contribution in [3.8, 4) is 0 Å². The molecular formula is C17H14N2OS. The van der Waals surface area contributed by atoms with E-state index in [4.69, 9.17) is 5.41 Å². The van der Waals surface area contributed by atoms with Crippen molar-refractivity contribution in [2.24, 2.45) is 0 Å². The summed E-state index contributed by atoms with van der Waals surface area (Å²) < 4.78 is 0. The predicted molar refractivity (Wildman–Crippen MR) is 88.4 cm³/mol. The first-order chi connectivity index (χ1) is 10.2. The summed E-state index contributed by atoms with van der Waals surface area (Å²) in [5, 5.41) is 8.29. The molecule has 0 aliphatic carbocycles. The number of carbonyl (C=O) groups excluding carboxylic acids is 1. The summed E-state index contributed by atoms with van der Waals surface area (Å²) in [5.74, 6) is -0.139. The van der Waals surface area contributed by atoms with E-state index in [1.54, 1.807) is 0 Å². The van der Waals surface area contributed by atoms with E-state index in [1.165, 1.54) is 16.7 Å². The number of carbonyl (C=O) groups is 1. The summed E-state index contributed by atoms with van der Waals surface area (Å²) in [5.41, 5.74) is 2.85. The molecule has 0 aromatic heterocycles. The van der Waals surface area contributed by atoms with Gasteiger partial charge in [-0.1, -0.05) is 42.5 Å². The molecule has 0 spiro atoms. The van der Waals surface area contributed by atoms with Crippen LogP contribution in [0.4, 0.5) is 5.69 Å². The summed E-state index contributed by atoms with van der Waals surface area (Å²) in [6, 6.07) is 17.2. The van der Waals surface area contributed by atoms with Gasteiger partial charge in [0.1, 0.15) is 0 Å². The van der Waals surface area contributed by atoms with E-state index in [2.05, 4.69) is 0 Å². The number of rotatable bonds is 2. The number of hydrogen-bond acceptors (Lipinski definition) is 3. The molecule has 1 fully saturated rings. The standard InChI is InChI=1S/C17H14N2OS/c1-12-7-5-6-8-13(12)11-15-16(20)19(17(18)21-15)14-9-3-2-4-10-14/h2-11,18H,1H3/b15-11-,18-17?. The molecule has 0 radical (unpaired) electrons. The van der Waals surface area contributed by atoms with Gasteiger partial charge in [-0.05, 0) is 48.0 Å². The maximum atomic E-state index is 12.5. The van der Waals surface area contributed by atoms with Crippen molar-refractivity contribution in [3.63, 3.8) is 0 Å². The molecule has 1 saturated heterocycles. The fourth-order valence-corrected chi connectivity index (χ4v) is 3.04. The summed E-state index contributed by atoms with van der Waals surface area (Å²) in [6.07, 6.45) is 1.86. The maximum Gasteiger partial charge on any atom is 0.271 e. The lowest BCUT2D eigenvalue weighted by Gasteiger charge is -2.13. The Hall–Kier alpha value is -2.33. The van der Waals surface area contributed by atoms with Crippen LogP contribution in [0.15, 0.2) is 59.5 Å². The first-order valence-corrected chi connectivity index (χ1v) is 7.42. The highest BCUT2D eigenvalue weighted by Gasteiger charge is 2.33. The van der Waals surface area contributed by atoms with Gasteiger partial charge in [0.15, 0.2) is 5.17 Å². The van der Waals surface area contributed by atoms with Crippen molar-refractivity contribution >= 4 is 34.6 Å². The zero-order valence-electron chi connectivity index (χ0n) is 11.5. The summed E-state index contributed by atoms with van der Waals surface area (Å²) >= 11 is 1.20. The first-order valence-electron chi connectivity index (χ1n) is 6.60. The van der Waals surface area contributed by atoms with E-state index in [9.17, 15) is 4.79 Å². The van der Waals surface area contributed by atoms with Crippen molar-refractivity contribution in [1.29, 1.82) is 5.41 Å². The Morgan fingerprint density at radius 1 is 1.05 bits per heavy atom. The normalized spacial score (nSPS) is 16.8. The Bertz CT molecular complexity index is 737. The second kappa shape index (κ2) is 5.58. The van der Waals surface area contributed by atoms with Crippen molar-refractivity contribution in [3.05, 3.63) is 70.6 Å². The van der Waals surface area contributed by atoms with Crippen LogP contribution >= 0.6 is 11.8 Å². The van der Waals surface area contributed by atoms with E-state index >= 15 is 0 Å². The number of nitrogens with one attached hydrogen (secondary N) is 1. The number of hydrogen-bond donors (Lipinski definition) is 1. The quantitative estimate of drug-likeness (QED) is 0.849. The van der Waals surface area contributed by atoms with Crippen molar-refractivity contribution in [1.82, 2.24) is 0 Å². The zero-order valence-corrected chi connectivity index (χ0v) is 12.4. The van der Waals surface area contributed by atoms with E-state index in [-0.39, 0.29) is 11.1 Å². The molecular weight excluding hydrogens is 280 g/mol. The lowest BCUT2D eigenvalue weighted by Crippen LogP contribution is -2.27. The van der Waals surface area contributed by atoms with Crippen LogP contribution in [0.1, 0.15) is 11.1 Å². The van der Waals surface area contributed by atoms with Gasteiger partial charge in [0.2, 0.25) is 0 Å². The van der Waals surface area contributed by atoms with E-state index in [0.29, 0.717) is 4.91 Å². The van der Waals surface area contributed by atoms with Crippen LogP contribution in [0.2, 0.25) is 0 Å². The van der Waals surface area contributed by atoms with E-state index < -0.39 is 0 Å². The SMILES string of the molecule is Cc1ccccc1/C=C1\SC(=N)N(c2ccccc2)C1=O. The molecule has 3 nitrogen and oxygen atoms in total. The minimum Gasteiger partial charge on any atom is -0.278 e. The first kappa shape index (κ1) is 13.6. The predicted octanol–water partition coefficient (Wildman–Crippen LogP) is 4.05. The van der Waals surface area contributed by atoms with Crippen LogP contribution in [0.5, 0.6) is 0 Å². The van der Waals surface area contributed by atoms with Crippen molar-refractivity contribution in [2.75, 3.05) is 4.90 Å². The molecule has 1 amide bonds. The summed E-state index contributed by atoms with van der Waals surface area (Å²) in [4.78, 5) is 14.5.